The highest BCUT2D eigenvalue weighted by Crippen LogP contribution is 2.46. The summed E-state index contributed by atoms with van der Waals surface area (Å²) in [6.07, 6.45) is -0.164. The standard InChI is InChI=1S/C21H23N3O3/c1-21(2)13-22-19(15-6-4-3-5-7-15)24(20(25)23(22)14-21)16-8-9-17-18(12-16)27-11-10-26-17/h3-9,12,19H,10-11,13-14H2,1-2H3/t19-/m1/s1. The summed E-state index contributed by atoms with van der Waals surface area (Å²) in [5.41, 5.74) is 1.99. The van der Waals surface area contributed by atoms with Crippen LogP contribution < -0.4 is 14.4 Å². The van der Waals surface area contributed by atoms with Crippen LogP contribution in [-0.2, 0) is 0 Å². The lowest BCUT2D eigenvalue weighted by atomic mass is 9.94. The topological polar surface area (TPSA) is 45.3 Å². The number of hydrazine groups is 1. The van der Waals surface area contributed by atoms with Crippen molar-refractivity contribution in [3.8, 4) is 11.5 Å². The molecule has 3 heterocycles. The van der Waals surface area contributed by atoms with Crippen LogP contribution in [0.3, 0.4) is 0 Å². The molecular weight excluding hydrogens is 342 g/mol. The molecule has 2 fully saturated rings. The zero-order valence-corrected chi connectivity index (χ0v) is 15.6. The van der Waals surface area contributed by atoms with E-state index in [-0.39, 0.29) is 17.6 Å². The van der Waals surface area contributed by atoms with Crippen molar-refractivity contribution < 1.29 is 14.3 Å². The first-order chi connectivity index (χ1) is 13.0. The smallest absolute Gasteiger partial charge is 0.340 e. The second-order valence-electron chi connectivity index (χ2n) is 8.08. The van der Waals surface area contributed by atoms with Gasteiger partial charge in [0.15, 0.2) is 11.5 Å². The molecule has 0 spiro atoms. The number of hydrogen-bond donors (Lipinski definition) is 0. The third-order valence-corrected chi connectivity index (χ3v) is 5.33. The number of nitrogens with zero attached hydrogens (tertiary/aromatic N) is 3. The number of benzene rings is 2. The fourth-order valence-corrected chi connectivity index (χ4v) is 4.21. The Hall–Kier alpha value is -2.73. The molecule has 2 saturated heterocycles. The maximum absolute atomic E-state index is 13.4. The monoisotopic (exact) mass is 365 g/mol. The van der Waals surface area contributed by atoms with E-state index in [1.165, 1.54) is 0 Å². The summed E-state index contributed by atoms with van der Waals surface area (Å²) in [6.45, 7) is 7.04. The van der Waals surface area contributed by atoms with Gasteiger partial charge in [0.2, 0.25) is 0 Å². The summed E-state index contributed by atoms with van der Waals surface area (Å²) in [4.78, 5) is 15.2. The SMILES string of the molecule is CC1(C)CN2C(=O)N(c3ccc4c(c3)OCCO4)[C@H](c3ccccc3)N2C1. The van der Waals surface area contributed by atoms with Gasteiger partial charge >= 0.3 is 6.03 Å². The van der Waals surface area contributed by atoms with E-state index >= 15 is 0 Å². The van der Waals surface area contributed by atoms with Crippen molar-refractivity contribution in [3.63, 3.8) is 0 Å². The molecule has 6 heteroatoms. The van der Waals surface area contributed by atoms with Crippen molar-refractivity contribution in [3.05, 3.63) is 54.1 Å². The highest BCUT2D eigenvalue weighted by Gasteiger charge is 2.52. The number of fused-ring (bicyclic) bond motifs is 2. The normalized spacial score (nSPS) is 23.6. The zero-order valence-electron chi connectivity index (χ0n) is 15.6. The second kappa shape index (κ2) is 5.89. The van der Waals surface area contributed by atoms with Gasteiger partial charge < -0.3 is 9.47 Å². The molecule has 0 bridgehead atoms. The number of carbonyl (C=O) groups excluding carboxylic acids is 1. The van der Waals surface area contributed by atoms with Crippen molar-refractivity contribution >= 4 is 11.7 Å². The molecule has 2 aromatic carbocycles. The fourth-order valence-electron chi connectivity index (χ4n) is 4.21. The Morgan fingerprint density at radius 2 is 1.70 bits per heavy atom. The molecule has 2 aromatic rings. The molecule has 5 rings (SSSR count). The molecule has 2 amide bonds. The number of hydrogen-bond acceptors (Lipinski definition) is 4. The van der Waals surface area contributed by atoms with Gasteiger partial charge in [-0.1, -0.05) is 44.2 Å². The molecule has 1 atom stereocenters. The highest BCUT2D eigenvalue weighted by atomic mass is 16.6. The van der Waals surface area contributed by atoms with Gasteiger partial charge in [0, 0.05) is 19.2 Å². The summed E-state index contributed by atoms with van der Waals surface area (Å²) < 4.78 is 11.4. The second-order valence-corrected chi connectivity index (χ2v) is 8.08. The molecule has 0 unspecified atom stereocenters. The minimum Gasteiger partial charge on any atom is -0.486 e. The molecule has 27 heavy (non-hydrogen) atoms. The first-order valence-electron chi connectivity index (χ1n) is 9.35. The first kappa shape index (κ1) is 16.4. The summed E-state index contributed by atoms with van der Waals surface area (Å²) in [6, 6.07) is 16.0. The Labute approximate surface area is 158 Å². The largest absolute Gasteiger partial charge is 0.486 e. The predicted octanol–water partition coefficient (Wildman–Crippen LogP) is 3.66. The van der Waals surface area contributed by atoms with Crippen molar-refractivity contribution in [2.75, 3.05) is 31.2 Å². The third kappa shape index (κ3) is 2.63. The first-order valence-corrected chi connectivity index (χ1v) is 9.35. The van der Waals surface area contributed by atoms with E-state index in [0.29, 0.717) is 19.0 Å². The van der Waals surface area contributed by atoms with Crippen LogP contribution in [0.4, 0.5) is 10.5 Å². The molecular formula is C21H23N3O3. The predicted molar refractivity (Wildman–Crippen MR) is 102 cm³/mol. The number of ether oxygens (including phenoxy) is 2. The fraction of sp³-hybridized carbons (Fsp3) is 0.381. The van der Waals surface area contributed by atoms with Gasteiger partial charge in [-0.15, -0.1) is 0 Å². The van der Waals surface area contributed by atoms with Gasteiger partial charge in [-0.05, 0) is 23.1 Å². The van der Waals surface area contributed by atoms with E-state index < -0.39 is 0 Å². The van der Waals surface area contributed by atoms with E-state index in [1.54, 1.807) is 0 Å². The summed E-state index contributed by atoms with van der Waals surface area (Å²) in [7, 11) is 0. The molecule has 0 aromatic heterocycles. The van der Waals surface area contributed by atoms with Gasteiger partial charge in [0.1, 0.15) is 19.4 Å². The van der Waals surface area contributed by atoms with E-state index in [9.17, 15) is 4.79 Å². The van der Waals surface area contributed by atoms with Gasteiger partial charge in [-0.2, -0.15) is 5.01 Å². The van der Waals surface area contributed by atoms with Crippen molar-refractivity contribution in [1.82, 2.24) is 10.0 Å². The average molecular weight is 365 g/mol. The van der Waals surface area contributed by atoms with E-state index in [4.69, 9.17) is 9.47 Å². The van der Waals surface area contributed by atoms with E-state index in [0.717, 1.165) is 30.1 Å². The number of urea groups is 1. The quantitative estimate of drug-likeness (QED) is 0.815. The van der Waals surface area contributed by atoms with Crippen LogP contribution in [0.15, 0.2) is 48.5 Å². The number of rotatable bonds is 2. The number of amides is 2. The van der Waals surface area contributed by atoms with Crippen LogP contribution in [0.1, 0.15) is 25.6 Å². The van der Waals surface area contributed by atoms with Gasteiger partial charge in [-0.3, -0.25) is 9.91 Å². The lowest BCUT2D eigenvalue weighted by Gasteiger charge is -2.30. The Bertz CT molecular complexity index is 883. The molecule has 140 valence electrons. The summed E-state index contributed by atoms with van der Waals surface area (Å²) in [5, 5.41) is 4.07. The number of carbonyl (C=O) groups is 1. The Morgan fingerprint density at radius 1 is 0.963 bits per heavy atom. The molecule has 3 aliphatic rings. The minimum atomic E-state index is -0.164. The van der Waals surface area contributed by atoms with Gasteiger partial charge in [0.05, 0.1) is 5.69 Å². The minimum absolute atomic E-state index is 0.00565. The van der Waals surface area contributed by atoms with Crippen molar-refractivity contribution in [1.29, 1.82) is 0 Å². The Kier molecular flexibility index (Phi) is 3.59. The summed E-state index contributed by atoms with van der Waals surface area (Å²) >= 11 is 0. The van der Waals surface area contributed by atoms with Crippen molar-refractivity contribution in [2.45, 2.75) is 20.0 Å². The molecule has 0 N–H and O–H groups in total. The van der Waals surface area contributed by atoms with Gasteiger partial charge in [-0.25, -0.2) is 4.79 Å². The maximum Gasteiger partial charge on any atom is 0.340 e. The molecule has 0 radical (unpaired) electrons. The molecule has 3 aliphatic heterocycles. The molecule has 0 saturated carbocycles. The lowest BCUT2D eigenvalue weighted by molar-refractivity contribution is 0.0721. The van der Waals surface area contributed by atoms with Gasteiger partial charge in [0.25, 0.3) is 0 Å². The third-order valence-electron chi connectivity index (χ3n) is 5.33. The maximum atomic E-state index is 13.4. The van der Waals surface area contributed by atoms with Crippen LogP contribution in [0.2, 0.25) is 0 Å². The van der Waals surface area contributed by atoms with E-state index in [2.05, 4.69) is 31.0 Å². The van der Waals surface area contributed by atoms with Crippen LogP contribution in [0.5, 0.6) is 11.5 Å². The Balaban J connectivity index is 1.59. The van der Waals surface area contributed by atoms with Crippen LogP contribution >= 0.6 is 0 Å². The number of anilines is 1. The zero-order chi connectivity index (χ0) is 18.6. The van der Waals surface area contributed by atoms with Crippen LogP contribution in [-0.4, -0.2) is 42.4 Å². The lowest BCUT2D eigenvalue weighted by Crippen LogP contribution is -2.35. The van der Waals surface area contributed by atoms with Crippen LogP contribution in [0, 0.1) is 5.41 Å². The molecule has 0 aliphatic carbocycles. The average Bonchev–Trinajstić information content (AvgIpc) is 3.13. The van der Waals surface area contributed by atoms with Crippen LogP contribution in [0.25, 0.3) is 0 Å². The highest BCUT2D eigenvalue weighted by molar-refractivity contribution is 5.95. The Morgan fingerprint density at radius 3 is 2.48 bits per heavy atom. The van der Waals surface area contributed by atoms with E-state index in [1.807, 2.05) is 46.3 Å². The summed E-state index contributed by atoms with van der Waals surface area (Å²) in [5.74, 6) is 1.43. The van der Waals surface area contributed by atoms with Crippen molar-refractivity contribution in [2.24, 2.45) is 5.41 Å². The molecule has 6 nitrogen and oxygen atoms in total.